The first-order valence-corrected chi connectivity index (χ1v) is 11.0. The number of pyridine rings is 1. The van der Waals surface area contributed by atoms with E-state index in [1.54, 1.807) is 49.7 Å². The average molecular weight is 454 g/mol. The lowest BCUT2D eigenvalue weighted by Gasteiger charge is -2.32. The maximum atomic E-state index is 12.9. The summed E-state index contributed by atoms with van der Waals surface area (Å²) in [7, 11) is 1.56. The van der Waals surface area contributed by atoms with E-state index in [9.17, 15) is 14.4 Å². The number of hydrogen-bond acceptors (Lipinski definition) is 6. The van der Waals surface area contributed by atoms with Crippen LogP contribution in [0.25, 0.3) is 0 Å². The number of nitrogens with two attached hydrogens (primary N) is 1. The monoisotopic (exact) mass is 453 g/mol. The quantitative estimate of drug-likeness (QED) is 0.562. The Labute approximate surface area is 193 Å². The van der Waals surface area contributed by atoms with Crippen LogP contribution in [0.1, 0.15) is 37.0 Å². The number of benzene rings is 1. The van der Waals surface area contributed by atoms with Crippen LogP contribution in [-0.4, -0.2) is 48.9 Å². The molecule has 176 valence electrons. The van der Waals surface area contributed by atoms with Crippen molar-refractivity contribution in [2.45, 2.75) is 32.7 Å². The van der Waals surface area contributed by atoms with Crippen LogP contribution in [0, 0.1) is 11.8 Å². The van der Waals surface area contributed by atoms with Gasteiger partial charge in [-0.1, -0.05) is 13.8 Å². The summed E-state index contributed by atoms with van der Waals surface area (Å²) in [4.78, 5) is 43.5. The number of piperidine rings is 1. The molecule has 1 aliphatic heterocycles. The minimum absolute atomic E-state index is 0.126. The second-order valence-corrected chi connectivity index (χ2v) is 8.51. The summed E-state index contributed by atoms with van der Waals surface area (Å²) in [5, 5.41) is 5.63. The molecule has 1 fully saturated rings. The molecule has 1 aromatic carbocycles. The Hall–Kier alpha value is -3.62. The van der Waals surface area contributed by atoms with E-state index in [1.165, 1.54) is 0 Å². The van der Waals surface area contributed by atoms with Gasteiger partial charge in [0.25, 0.3) is 5.91 Å². The number of aromatic nitrogens is 1. The van der Waals surface area contributed by atoms with Gasteiger partial charge < -0.3 is 26.0 Å². The van der Waals surface area contributed by atoms with Crippen molar-refractivity contribution in [3.8, 4) is 5.75 Å². The number of ether oxygens (including phenoxy) is 1. The second-order valence-electron chi connectivity index (χ2n) is 8.51. The number of rotatable bonds is 8. The zero-order valence-electron chi connectivity index (χ0n) is 19.2. The molecule has 1 aromatic heterocycles. The molecule has 1 saturated heterocycles. The van der Waals surface area contributed by atoms with Crippen molar-refractivity contribution in [1.29, 1.82) is 0 Å². The molecule has 0 bridgehead atoms. The Kier molecular flexibility index (Phi) is 7.87. The summed E-state index contributed by atoms with van der Waals surface area (Å²) >= 11 is 0. The fraction of sp³-hybridized carbons (Fsp3) is 0.417. The molecule has 0 radical (unpaired) electrons. The third-order valence-electron chi connectivity index (χ3n) is 5.75. The number of carbonyl (C=O) groups is 3. The molecule has 2 aromatic rings. The molecule has 3 rings (SSSR count). The summed E-state index contributed by atoms with van der Waals surface area (Å²) in [6, 6.07) is 9.53. The van der Waals surface area contributed by atoms with Crippen molar-refractivity contribution in [3.63, 3.8) is 0 Å². The van der Waals surface area contributed by atoms with Crippen molar-refractivity contribution in [3.05, 3.63) is 48.2 Å². The number of nitrogens with zero attached hydrogens (tertiary/aromatic N) is 2. The fourth-order valence-electron chi connectivity index (χ4n) is 3.79. The van der Waals surface area contributed by atoms with Gasteiger partial charge in [-0.2, -0.15) is 0 Å². The van der Waals surface area contributed by atoms with Gasteiger partial charge in [0.2, 0.25) is 11.8 Å². The lowest BCUT2D eigenvalue weighted by molar-refractivity contribution is -0.122. The predicted molar refractivity (Wildman–Crippen MR) is 126 cm³/mol. The number of carbonyl (C=O) groups excluding carboxylic acids is 3. The molecule has 9 heteroatoms. The van der Waals surface area contributed by atoms with E-state index in [4.69, 9.17) is 10.5 Å². The van der Waals surface area contributed by atoms with Crippen LogP contribution >= 0.6 is 0 Å². The van der Waals surface area contributed by atoms with Crippen LogP contribution in [0.3, 0.4) is 0 Å². The van der Waals surface area contributed by atoms with Gasteiger partial charge in [0.15, 0.2) is 0 Å². The lowest BCUT2D eigenvalue weighted by Crippen LogP contribution is -2.47. The molecular weight excluding hydrogens is 422 g/mol. The van der Waals surface area contributed by atoms with E-state index in [1.807, 2.05) is 18.7 Å². The predicted octanol–water partition coefficient (Wildman–Crippen LogP) is 2.18. The number of nitrogens with one attached hydrogen (secondary N) is 2. The van der Waals surface area contributed by atoms with E-state index in [-0.39, 0.29) is 29.6 Å². The van der Waals surface area contributed by atoms with Crippen LogP contribution in [0.5, 0.6) is 5.75 Å². The standard InChI is InChI=1S/C24H31N5O4/c1-15(2)21(28-23(31)16-6-9-19(33-3)10-7-16)24(32)27-18-8-11-20(26-13-18)29-12-4-5-17(14-29)22(25)30/h6-11,13,15,17,21H,4-5,12,14H2,1-3H3,(H2,25,30)(H,27,32)(H,28,31). The van der Waals surface area contributed by atoms with Gasteiger partial charge >= 0.3 is 0 Å². The maximum Gasteiger partial charge on any atom is 0.251 e. The summed E-state index contributed by atoms with van der Waals surface area (Å²) in [5.41, 5.74) is 6.42. The summed E-state index contributed by atoms with van der Waals surface area (Å²) < 4.78 is 5.11. The highest BCUT2D eigenvalue weighted by molar-refractivity contribution is 6.01. The Morgan fingerprint density at radius 2 is 1.88 bits per heavy atom. The fourth-order valence-corrected chi connectivity index (χ4v) is 3.79. The number of hydrogen-bond donors (Lipinski definition) is 3. The molecule has 2 unspecified atom stereocenters. The second kappa shape index (κ2) is 10.8. The molecule has 2 heterocycles. The number of anilines is 2. The van der Waals surface area contributed by atoms with E-state index in [0.717, 1.165) is 25.2 Å². The van der Waals surface area contributed by atoms with E-state index in [2.05, 4.69) is 15.6 Å². The summed E-state index contributed by atoms with van der Waals surface area (Å²) in [6.45, 7) is 5.08. The van der Waals surface area contributed by atoms with Crippen molar-refractivity contribution in [1.82, 2.24) is 10.3 Å². The molecule has 4 N–H and O–H groups in total. The van der Waals surface area contributed by atoms with E-state index < -0.39 is 6.04 Å². The molecule has 1 aliphatic rings. The number of amides is 3. The van der Waals surface area contributed by atoms with Gasteiger partial charge in [-0.05, 0) is 55.2 Å². The first-order valence-electron chi connectivity index (χ1n) is 11.0. The molecule has 0 aliphatic carbocycles. The Morgan fingerprint density at radius 1 is 1.15 bits per heavy atom. The topological polar surface area (TPSA) is 127 Å². The third kappa shape index (κ3) is 6.21. The molecule has 33 heavy (non-hydrogen) atoms. The van der Waals surface area contributed by atoms with Crippen molar-refractivity contribution >= 4 is 29.2 Å². The lowest BCUT2D eigenvalue weighted by atomic mass is 9.97. The number of primary amides is 1. The Balaban J connectivity index is 1.62. The van der Waals surface area contributed by atoms with Gasteiger partial charge in [0.1, 0.15) is 17.6 Å². The zero-order valence-corrected chi connectivity index (χ0v) is 19.2. The molecular formula is C24H31N5O4. The van der Waals surface area contributed by atoms with Crippen molar-refractivity contribution in [2.75, 3.05) is 30.4 Å². The van der Waals surface area contributed by atoms with Gasteiger partial charge in [0, 0.05) is 18.7 Å². The highest BCUT2D eigenvalue weighted by Crippen LogP contribution is 2.22. The largest absolute Gasteiger partial charge is 0.497 e. The van der Waals surface area contributed by atoms with Gasteiger partial charge in [-0.3, -0.25) is 14.4 Å². The Bertz CT molecular complexity index is 975. The van der Waals surface area contributed by atoms with Crippen molar-refractivity contribution < 1.29 is 19.1 Å². The van der Waals surface area contributed by atoms with Crippen molar-refractivity contribution in [2.24, 2.45) is 17.6 Å². The van der Waals surface area contributed by atoms with Gasteiger partial charge in [-0.15, -0.1) is 0 Å². The molecule has 3 amide bonds. The number of methoxy groups -OCH3 is 1. The Morgan fingerprint density at radius 3 is 2.45 bits per heavy atom. The smallest absolute Gasteiger partial charge is 0.251 e. The van der Waals surface area contributed by atoms with Crippen LogP contribution in [0.15, 0.2) is 42.6 Å². The molecule has 0 saturated carbocycles. The van der Waals surface area contributed by atoms with Crippen LogP contribution in [0.4, 0.5) is 11.5 Å². The highest BCUT2D eigenvalue weighted by Gasteiger charge is 2.26. The molecule has 9 nitrogen and oxygen atoms in total. The minimum atomic E-state index is -0.724. The summed E-state index contributed by atoms with van der Waals surface area (Å²) in [5.74, 6) is 0.115. The van der Waals surface area contributed by atoms with E-state index in [0.29, 0.717) is 23.5 Å². The van der Waals surface area contributed by atoms with E-state index >= 15 is 0 Å². The third-order valence-corrected chi connectivity index (χ3v) is 5.75. The molecule has 2 atom stereocenters. The van der Waals surface area contributed by atoms with Crippen LogP contribution < -0.4 is 26.0 Å². The normalized spacial score (nSPS) is 16.7. The van der Waals surface area contributed by atoms with Gasteiger partial charge in [0.05, 0.1) is 24.9 Å². The first kappa shape index (κ1) is 24.0. The SMILES string of the molecule is COc1ccc(C(=O)NC(C(=O)Nc2ccc(N3CCCC(C(N)=O)C3)nc2)C(C)C)cc1. The zero-order chi connectivity index (χ0) is 24.0. The molecule has 0 spiro atoms. The average Bonchev–Trinajstić information content (AvgIpc) is 2.82. The minimum Gasteiger partial charge on any atom is -0.497 e. The summed E-state index contributed by atoms with van der Waals surface area (Å²) in [6.07, 6.45) is 3.24. The first-order chi connectivity index (χ1) is 15.8. The highest BCUT2D eigenvalue weighted by atomic mass is 16.5. The van der Waals surface area contributed by atoms with Crippen LogP contribution in [-0.2, 0) is 9.59 Å². The maximum absolute atomic E-state index is 12.9. The van der Waals surface area contributed by atoms with Gasteiger partial charge in [-0.25, -0.2) is 4.98 Å². The van der Waals surface area contributed by atoms with Crippen LogP contribution in [0.2, 0.25) is 0 Å².